The third kappa shape index (κ3) is 7.25. The van der Waals surface area contributed by atoms with E-state index in [0.29, 0.717) is 0 Å². The van der Waals surface area contributed by atoms with Crippen LogP contribution in [0.15, 0.2) is 49.6 Å². The van der Waals surface area contributed by atoms with Gasteiger partial charge in [0.15, 0.2) is 23.3 Å². The van der Waals surface area contributed by atoms with Crippen LogP contribution in [0.4, 0.5) is 0 Å². The van der Waals surface area contributed by atoms with E-state index in [2.05, 4.69) is 52.1 Å². The van der Waals surface area contributed by atoms with Crippen LogP contribution in [0.25, 0.3) is 28.7 Å². The maximum Gasteiger partial charge on any atom is 2.00 e. The summed E-state index contributed by atoms with van der Waals surface area (Å²) in [5.74, 6) is 3.07. The Balaban J connectivity index is 0.000000374. The molecule has 0 spiro atoms. The van der Waals surface area contributed by atoms with Crippen molar-refractivity contribution in [3.05, 3.63) is 55.0 Å². The Hall–Kier alpha value is -2.55. The molecule has 133 valence electrons. The van der Waals surface area contributed by atoms with Crippen molar-refractivity contribution in [3.8, 4) is 23.3 Å². The summed E-state index contributed by atoms with van der Waals surface area (Å²) in [6.07, 6.45) is 13.8. The van der Waals surface area contributed by atoms with Gasteiger partial charge in [-0.1, -0.05) is 12.2 Å². The van der Waals surface area contributed by atoms with Gasteiger partial charge in [-0.2, -0.15) is 5.16 Å². The number of imidazole rings is 4. The predicted molar refractivity (Wildman–Crippen MR) is 88.3 cm³/mol. The molecule has 0 aliphatic heterocycles. The van der Waals surface area contributed by atoms with E-state index in [-0.39, 0.29) is 29.5 Å². The summed E-state index contributed by atoms with van der Waals surface area (Å²) in [5.41, 5.74) is 0. The van der Waals surface area contributed by atoms with Gasteiger partial charge in [0, 0.05) is 49.6 Å². The number of thiocarbonyl (C=S) groups is 1. The summed E-state index contributed by atoms with van der Waals surface area (Å²) in [6, 6.07) is 0. The molecular formula is C13H12ClCuN9S. The molecule has 4 heterocycles. The van der Waals surface area contributed by atoms with Crippen molar-refractivity contribution >= 4 is 17.4 Å². The van der Waals surface area contributed by atoms with E-state index in [1.807, 2.05) is 0 Å². The van der Waals surface area contributed by atoms with E-state index in [0.717, 1.165) is 23.3 Å². The van der Waals surface area contributed by atoms with Crippen molar-refractivity contribution in [3.63, 3.8) is 0 Å². The molecule has 4 aromatic heterocycles. The Morgan fingerprint density at radius 2 is 0.880 bits per heavy atom. The molecule has 0 saturated heterocycles. The maximum absolute atomic E-state index is 7.13. The van der Waals surface area contributed by atoms with E-state index in [1.165, 1.54) is 5.16 Å². The molecule has 0 bridgehead atoms. The standard InChI is InChI=1S/2C6H6N4.CNS.ClH.Cu/c2*1-2-8-5(7-1)6-9-3-4-10-6;2-1-3;;/h2*1-4H,(H,7,8)(H,9,10);;1H;/q;;-1;;+2/p-1. The van der Waals surface area contributed by atoms with Crippen LogP contribution < -0.4 is 12.4 Å². The van der Waals surface area contributed by atoms with Crippen molar-refractivity contribution < 1.29 is 29.5 Å². The largest absolute Gasteiger partial charge is 2.00 e. The van der Waals surface area contributed by atoms with Crippen LogP contribution in [0.3, 0.4) is 0 Å². The van der Waals surface area contributed by atoms with Crippen LogP contribution in [-0.4, -0.2) is 45.0 Å². The van der Waals surface area contributed by atoms with Gasteiger partial charge in [0.05, 0.1) is 0 Å². The fraction of sp³-hybridized carbons (Fsp3) is 0. The minimum Gasteiger partial charge on any atom is -1.00 e. The summed E-state index contributed by atoms with van der Waals surface area (Å²) in [5, 5.41) is 8.47. The molecule has 0 aromatic carbocycles. The topological polar surface area (TPSA) is 137 Å². The first-order valence-corrected chi connectivity index (χ1v) is 6.75. The summed E-state index contributed by atoms with van der Waals surface area (Å²) in [6.45, 7) is 0. The van der Waals surface area contributed by atoms with E-state index in [1.54, 1.807) is 49.6 Å². The van der Waals surface area contributed by atoms with Crippen molar-refractivity contribution in [2.75, 3.05) is 0 Å². The number of nitrogens with one attached hydrogen (secondary N) is 4. The Labute approximate surface area is 164 Å². The zero-order valence-corrected chi connectivity index (χ0v) is 15.0. The van der Waals surface area contributed by atoms with Crippen LogP contribution in [0.5, 0.6) is 0 Å². The van der Waals surface area contributed by atoms with Gasteiger partial charge >= 0.3 is 17.1 Å². The minimum absolute atomic E-state index is 0. The number of rotatable bonds is 2. The summed E-state index contributed by atoms with van der Waals surface area (Å²) in [7, 11) is 0. The number of hydrogen-bond donors (Lipinski definition) is 4. The van der Waals surface area contributed by atoms with Gasteiger partial charge in [-0.15, -0.1) is 0 Å². The fourth-order valence-electron chi connectivity index (χ4n) is 1.58. The SMILES string of the molecule is [Cl-].[Cu+2].[N-]=C=S.c1c[nH]c(-c2ncc[nH]2)n1.c1c[nH]c(-c2ncc[nH]2)n1. The van der Waals surface area contributed by atoms with Crippen LogP contribution in [-0.2, 0) is 17.1 Å². The summed E-state index contributed by atoms with van der Waals surface area (Å²) < 4.78 is 0. The first-order valence-electron chi connectivity index (χ1n) is 6.34. The zero-order valence-electron chi connectivity index (χ0n) is 12.4. The number of aromatic nitrogens is 8. The van der Waals surface area contributed by atoms with Gasteiger partial charge in [0.1, 0.15) is 0 Å². The third-order valence-electron chi connectivity index (χ3n) is 2.44. The molecule has 1 radical (unpaired) electrons. The Bertz CT molecular complexity index is 663. The van der Waals surface area contributed by atoms with Crippen LogP contribution >= 0.6 is 12.2 Å². The molecule has 25 heavy (non-hydrogen) atoms. The second-order valence-corrected chi connectivity index (χ2v) is 4.02. The van der Waals surface area contributed by atoms with Gasteiger partial charge in [-0.3, -0.25) is 0 Å². The van der Waals surface area contributed by atoms with Gasteiger partial charge in [0.25, 0.3) is 0 Å². The first-order chi connectivity index (χ1) is 11.3. The number of halogens is 1. The van der Waals surface area contributed by atoms with Gasteiger partial charge in [0.2, 0.25) is 0 Å². The molecule has 4 aromatic rings. The molecule has 0 fully saturated rings. The van der Waals surface area contributed by atoms with Gasteiger partial charge in [-0.05, 0) is 0 Å². The molecule has 0 saturated carbocycles. The van der Waals surface area contributed by atoms with E-state index in [4.69, 9.17) is 5.41 Å². The fourth-order valence-corrected chi connectivity index (χ4v) is 1.58. The Morgan fingerprint density at radius 1 is 0.680 bits per heavy atom. The molecular weight excluding hydrogens is 413 g/mol. The molecule has 12 heteroatoms. The maximum atomic E-state index is 7.13. The van der Waals surface area contributed by atoms with Crippen LogP contribution in [0.1, 0.15) is 0 Å². The monoisotopic (exact) mass is 424 g/mol. The smallest absolute Gasteiger partial charge is 1.00 e. The van der Waals surface area contributed by atoms with Crippen molar-refractivity contribution in [1.82, 2.24) is 39.9 Å². The van der Waals surface area contributed by atoms with Gasteiger partial charge < -0.3 is 37.8 Å². The third-order valence-corrected chi connectivity index (χ3v) is 2.44. The summed E-state index contributed by atoms with van der Waals surface area (Å²) in [4.78, 5) is 27.8. The average Bonchev–Trinajstić information content (AvgIpc) is 3.40. The van der Waals surface area contributed by atoms with E-state index in [9.17, 15) is 0 Å². The number of isothiocyanates is 1. The number of nitrogens with zero attached hydrogens (tertiary/aromatic N) is 5. The molecule has 0 aliphatic carbocycles. The number of aromatic amines is 4. The number of hydrogen-bond acceptors (Lipinski definition) is 5. The van der Waals surface area contributed by atoms with Crippen molar-refractivity contribution in [1.29, 1.82) is 0 Å². The average molecular weight is 425 g/mol. The van der Waals surface area contributed by atoms with E-state index >= 15 is 0 Å². The molecule has 0 amide bonds. The minimum atomic E-state index is 0. The van der Waals surface area contributed by atoms with Crippen molar-refractivity contribution in [2.45, 2.75) is 0 Å². The molecule has 0 aliphatic rings. The Kier molecular flexibility index (Phi) is 11.5. The molecule has 0 atom stereocenters. The Morgan fingerprint density at radius 3 is 1.00 bits per heavy atom. The van der Waals surface area contributed by atoms with Gasteiger partial charge in [-0.25, -0.2) is 19.9 Å². The summed E-state index contributed by atoms with van der Waals surface area (Å²) >= 11 is 3.70. The molecule has 4 N–H and O–H groups in total. The predicted octanol–water partition coefficient (Wildman–Crippen LogP) is -0.740. The zero-order chi connectivity index (χ0) is 16.3. The molecule has 0 unspecified atom stereocenters. The second-order valence-electron chi connectivity index (χ2n) is 3.84. The number of H-pyrrole nitrogens is 4. The van der Waals surface area contributed by atoms with Crippen LogP contribution in [0, 0.1) is 0 Å². The molecule has 4 rings (SSSR count). The van der Waals surface area contributed by atoms with Crippen molar-refractivity contribution in [2.24, 2.45) is 0 Å². The quantitative estimate of drug-likeness (QED) is 0.191. The van der Waals surface area contributed by atoms with E-state index < -0.39 is 0 Å². The van der Waals surface area contributed by atoms with Crippen LogP contribution in [0.2, 0.25) is 0 Å². The molecule has 9 nitrogen and oxygen atoms in total. The second kappa shape index (κ2) is 12.8. The normalized spacial score (nSPS) is 8.32. The first kappa shape index (κ1) is 22.4.